The quantitative estimate of drug-likeness (QED) is 0.326. The Kier molecular flexibility index (Phi) is 6.74. The number of hydrogen-bond acceptors (Lipinski definition) is 1. The Morgan fingerprint density at radius 1 is 0.613 bits per heavy atom. The molecule has 0 bridgehead atoms. The summed E-state index contributed by atoms with van der Waals surface area (Å²) in [5.74, 6) is 0.420. The molecule has 0 aliphatic heterocycles. The van der Waals surface area contributed by atoms with E-state index in [2.05, 4.69) is 60.7 Å². The van der Waals surface area contributed by atoms with Gasteiger partial charge in [0.15, 0.2) is 0 Å². The van der Waals surface area contributed by atoms with Gasteiger partial charge in [-0.1, -0.05) is 48.5 Å². The zero-order valence-electron chi connectivity index (χ0n) is 17.1. The number of alkyl halides is 1. The molecule has 4 rings (SSSR count). The van der Waals surface area contributed by atoms with Gasteiger partial charge in [0, 0.05) is 0 Å². The normalized spacial score (nSPS) is 11.3. The van der Waals surface area contributed by atoms with Gasteiger partial charge in [-0.25, -0.2) is 8.78 Å². The SMILES string of the molecule is Fc1ccc(C[P+](c2ccccc2)(c2ccccc2)c2ccc(OCC[18F])cc2)cc1. The molecule has 0 aromatic heterocycles. The Bertz CT molecular complexity index is 1040. The van der Waals surface area contributed by atoms with Crippen molar-refractivity contribution in [2.75, 3.05) is 13.3 Å². The van der Waals surface area contributed by atoms with Crippen LogP contribution in [0.5, 0.6) is 5.75 Å². The van der Waals surface area contributed by atoms with Crippen molar-refractivity contribution in [3.63, 3.8) is 0 Å². The molecular weight excluding hydrogens is 408 g/mol. The van der Waals surface area contributed by atoms with Crippen LogP contribution >= 0.6 is 7.26 Å². The van der Waals surface area contributed by atoms with Crippen LogP contribution in [0.3, 0.4) is 0 Å². The van der Waals surface area contributed by atoms with E-state index >= 15 is 0 Å². The lowest BCUT2D eigenvalue weighted by Gasteiger charge is -2.28. The minimum absolute atomic E-state index is 0.0482. The van der Waals surface area contributed by atoms with Crippen molar-refractivity contribution in [1.82, 2.24) is 0 Å². The van der Waals surface area contributed by atoms with Crippen molar-refractivity contribution in [2.45, 2.75) is 6.16 Å². The van der Waals surface area contributed by atoms with Gasteiger partial charge in [0.05, 0.1) is 6.16 Å². The molecule has 4 aromatic rings. The maximum absolute atomic E-state index is 13.6. The van der Waals surface area contributed by atoms with Crippen LogP contribution in [-0.4, -0.2) is 13.3 Å². The molecule has 31 heavy (non-hydrogen) atoms. The minimum Gasteiger partial charge on any atom is -0.491 e. The lowest BCUT2D eigenvalue weighted by atomic mass is 10.2. The highest BCUT2D eigenvalue weighted by Crippen LogP contribution is 2.58. The fraction of sp³-hybridized carbons (Fsp3) is 0.111. The van der Waals surface area contributed by atoms with Gasteiger partial charge in [-0.15, -0.1) is 0 Å². The average Bonchev–Trinajstić information content (AvgIpc) is 2.84. The predicted octanol–water partition coefficient (Wildman–Crippen LogP) is 5.67. The number of halogens is 2. The van der Waals surface area contributed by atoms with Crippen molar-refractivity contribution < 1.29 is 13.5 Å². The van der Waals surface area contributed by atoms with E-state index in [1.54, 1.807) is 0 Å². The monoisotopic (exact) mass is 432 g/mol. The Morgan fingerprint density at radius 3 is 1.65 bits per heavy atom. The fourth-order valence-corrected chi connectivity index (χ4v) is 8.12. The summed E-state index contributed by atoms with van der Waals surface area (Å²) in [6.45, 7) is -0.468. The molecule has 0 atom stereocenters. The highest BCUT2D eigenvalue weighted by atomic mass is 31.2. The maximum Gasteiger partial charge on any atom is 0.123 e. The molecule has 0 aliphatic rings. The number of rotatable bonds is 8. The van der Waals surface area contributed by atoms with Crippen molar-refractivity contribution >= 4 is 23.2 Å². The van der Waals surface area contributed by atoms with E-state index in [-0.39, 0.29) is 12.4 Å². The van der Waals surface area contributed by atoms with Gasteiger partial charge in [-0.3, -0.25) is 0 Å². The molecule has 0 amide bonds. The second-order valence-corrected chi connectivity index (χ2v) is 10.8. The predicted molar refractivity (Wildman–Crippen MR) is 127 cm³/mol. The third-order valence-electron chi connectivity index (χ3n) is 5.35. The highest BCUT2D eigenvalue weighted by molar-refractivity contribution is 7.95. The first-order chi connectivity index (χ1) is 15.2. The summed E-state index contributed by atoms with van der Waals surface area (Å²) in [5, 5.41) is 3.70. The lowest BCUT2D eigenvalue weighted by molar-refractivity contribution is 0.273. The third kappa shape index (κ3) is 4.68. The van der Waals surface area contributed by atoms with Crippen molar-refractivity contribution in [1.29, 1.82) is 0 Å². The van der Waals surface area contributed by atoms with E-state index in [0.29, 0.717) is 5.75 Å². The van der Waals surface area contributed by atoms with Gasteiger partial charge in [-0.05, 0) is 66.2 Å². The van der Waals surface area contributed by atoms with Crippen molar-refractivity contribution in [2.24, 2.45) is 0 Å². The van der Waals surface area contributed by atoms with Crippen LogP contribution < -0.4 is 20.7 Å². The van der Waals surface area contributed by atoms with E-state index in [1.807, 2.05) is 36.4 Å². The summed E-state index contributed by atoms with van der Waals surface area (Å²) in [6.07, 6.45) is 0.770. The summed E-state index contributed by atoms with van der Waals surface area (Å²) in [7, 11) is -2.09. The standard InChI is InChI=1S/C27H24F2OP/c28-19-20-30-24-15-17-27(18-16-24)31(25-7-3-1-4-8-25,26-9-5-2-6-10-26)21-22-11-13-23(29)14-12-22/h1-18H,19-21H2/q+1/i28-1. The number of ether oxygens (including phenoxy) is 1. The highest BCUT2D eigenvalue weighted by Gasteiger charge is 2.45. The van der Waals surface area contributed by atoms with Gasteiger partial charge in [-0.2, -0.15) is 0 Å². The van der Waals surface area contributed by atoms with Crippen LogP contribution in [0.15, 0.2) is 109 Å². The Labute approximate surface area is 182 Å². The molecule has 4 heteroatoms. The first-order valence-corrected chi connectivity index (χ1v) is 12.2. The fourth-order valence-electron chi connectivity index (χ4n) is 3.90. The molecule has 1 nitrogen and oxygen atoms in total. The molecular formula is C27H24F2OP+. The zero-order chi connectivity index (χ0) is 21.5. The summed E-state index contributed by atoms with van der Waals surface area (Å²) in [4.78, 5) is 0. The molecule has 0 saturated heterocycles. The molecule has 0 fully saturated rings. The van der Waals surface area contributed by atoms with E-state index in [9.17, 15) is 8.78 Å². The van der Waals surface area contributed by atoms with Gasteiger partial charge in [0.1, 0.15) is 48.0 Å². The van der Waals surface area contributed by atoms with Crippen LogP contribution in [0.25, 0.3) is 0 Å². The first-order valence-electron chi connectivity index (χ1n) is 10.3. The summed E-state index contributed by atoms with van der Waals surface area (Å²) in [6, 6.07) is 35.8. The second kappa shape index (κ2) is 9.85. The van der Waals surface area contributed by atoms with E-state index in [4.69, 9.17) is 4.74 Å². The van der Waals surface area contributed by atoms with E-state index in [0.717, 1.165) is 11.7 Å². The largest absolute Gasteiger partial charge is 0.491 e. The van der Waals surface area contributed by atoms with Gasteiger partial charge in [0.25, 0.3) is 0 Å². The topological polar surface area (TPSA) is 9.23 Å². The summed E-state index contributed by atoms with van der Waals surface area (Å²) in [5.41, 5.74) is 1.08. The maximum atomic E-state index is 13.6. The zero-order valence-corrected chi connectivity index (χ0v) is 18.0. The molecule has 0 saturated carbocycles. The van der Waals surface area contributed by atoms with Crippen molar-refractivity contribution in [3.8, 4) is 5.75 Å². The smallest absolute Gasteiger partial charge is 0.123 e. The van der Waals surface area contributed by atoms with Crippen molar-refractivity contribution in [3.05, 3.63) is 121 Å². The summed E-state index contributed by atoms with van der Waals surface area (Å²) >= 11 is 0. The third-order valence-corrected chi connectivity index (χ3v) is 9.73. The molecule has 0 heterocycles. The molecule has 0 unspecified atom stereocenters. The molecule has 156 valence electrons. The molecule has 0 aliphatic carbocycles. The van der Waals surface area contributed by atoms with E-state index < -0.39 is 13.9 Å². The second-order valence-electron chi connectivity index (χ2n) is 7.30. The van der Waals surface area contributed by atoms with Crippen LogP contribution in [0.4, 0.5) is 8.78 Å². The van der Waals surface area contributed by atoms with Gasteiger partial charge < -0.3 is 4.74 Å². The molecule has 0 spiro atoms. The molecule has 4 aromatic carbocycles. The molecule has 0 N–H and O–H groups in total. The van der Waals surface area contributed by atoms with Crippen LogP contribution in [0.2, 0.25) is 0 Å². The number of benzene rings is 4. The first kappa shape index (κ1) is 21.2. The Balaban J connectivity index is 1.90. The minimum atomic E-state index is -2.09. The van der Waals surface area contributed by atoms with Gasteiger partial charge >= 0.3 is 0 Å². The van der Waals surface area contributed by atoms with Crippen LogP contribution in [0.1, 0.15) is 5.56 Å². The van der Waals surface area contributed by atoms with Gasteiger partial charge in [0.2, 0.25) is 0 Å². The van der Waals surface area contributed by atoms with Crippen LogP contribution in [-0.2, 0) is 6.16 Å². The summed E-state index contributed by atoms with van der Waals surface area (Å²) < 4.78 is 31.6. The lowest BCUT2D eigenvalue weighted by Crippen LogP contribution is -2.32. The molecule has 0 radical (unpaired) electrons. The van der Waals surface area contributed by atoms with E-state index in [1.165, 1.54) is 28.0 Å². The Hall–Kier alpha value is -3.03. The number of hydrogen-bond donors (Lipinski definition) is 0. The Morgan fingerprint density at radius 2 is 1.13 bits per heavy atom. The average molecular weight is 432 g/mol. The van der Waals surface area contributed by atoms with Crippen LogP contribution in [0, 0.1) is 5.82 Å².